The Morgan fingerprint density at radius 3 is 2.47 bits per heavy atom. The summed E-state index contributed by atoms with van der Waals surface area (Å²) < 4.78 is 0. The average Bonchev–Trinajstić information content (AvgIpc) is 2.91. The Hall–Kier alpha value is -3.48. The summed E-state index contributed by atoms with van der Waals surface area (Å²) >= 11 is 6.01. The van der Waals surface area contributed by atoms with Crippen molar-refractivity contribution in [3.63, 3.8) is 0 Å². The van der Waals surface area contributed by atoms with E-state index in [1.54, 1.807) is 30.3 Å². The Bertz CT molecular complexity index is 1100. The quantitative estimate of drug-likeness (QED) is 0.105. The number of allylic oxidation sites excluding steroid dienone is 1. The van der Waals surface area contributed by atoms with Gasteiger partial charge in [-0.25, -0.2) is 9.86 Å². The molecule has 3 atom stereocenters. The largest absolute Gasteiger partial charge is 0.477 e. The van der Waals surface area contributed by atoms with Gasteiger partial charge in [0.05, 0.1) is 6.04 Å². The number of fused-ring (bicyclic) bond motifs is 1. The number of hydroxylamine groups is 2. The Morgan fingerprint density at radius 1 is 1.11 bits per heavy atom. The smallest absolute Gasteiger partial charge is 0.353 e. The molecule has 206 valence electrons. The Morgan fingerprint density at radius 2 is 1.82 bits per heavy atom. The summed E-state index contributed by atoms with van der Waals surface area (Å²) in [6, 6.07) is 5.61. The molecule has 1 fully saturated rings. The molecule has 0 aliphatic carbocycles. The third-order valence-electron chi connectivity index (χ3n) is 6.46. The Balaban J connectivity index is 1.61. The summed E-state index contributed by atoms with van der Waals surface area (Å²) in [5.41, 5.74) is 0.154. The average molecular weight is 551 g/mol. The van der Waals surface area contributed by atoms with Crippen LogP contribution < -0.4 is 10.6 Å². The normalized spacial score (nSPS) is 19.2. The van der Waals surface area contributed by atoms with E-state index in [0.29, 0.717) is 36.3 Å². The van der Waals surface area contributed by atoms with Crippen LogP contribution in [0.15, 0.2) is 41.1 Å². The van der Waals surface area contributed by atoms with Crippen LogP contribution in [0.4, 0.5) is 0 Å². The van der Waals surface area contributed by atoms with E-state index < -0.39 is 47.7 Å². The van der Waals surface area contributed by atoms with Crippen LogP contribution in [-0.4, -0.2) is 80.2 Å². The third kappa shape index (κ3) is 6.88. The van der Waals surface area contributed by atoms with Crippen LogP contribution in [0.5, 0.6) is 0 Å². The second kappa shape index (κ2) is 13.4. The van der Waals surface area contributed by atoms with Crippen molar-refractivity contribution in [1.29, 1.82) is 0 Å². The van der Waals surface area contributed by atoms with Crippen molar-refractivity contribution in [2.45, 2.75) is 63.1 Å². The first kappa shape index (κ1) is 29.1. The molecule has 13 heteroatoms. The van der Waals surface area contributed by atoms with Crippen molar-refractivity contribution in [3.05, 3.63) is 46.6 Å². The minimum absolute atomic E-state index is 0.0261. The van der Waals surface area contributed by atoms with Gasteiger partial charge in [0.15, 0.2) is 0 Å². The molecule has 1 saturated heterocycles. The lowest BCUT2D eigenvalue weighted by molar-refractivity contribution is -0.166. The number of aliphatic carboxylic acids is 1. The van der Waals surface area contributed by atoms with Crippen molar-refractivity contribution in [2.75, 3.05) is 13.2 Å². The molecule has 38 heavy (non-hydrogen) atoms. The molecule has 0 saturated carbocycles. The van der Waals surface area contributed by atoms with Gasteiger partial charge in [-0.05, 0) is 37.7 Å². The van der Waals surface area contributed by atoms with Crippen molar-refractivity contribution < 1.29 is 39.4 Å². The van der Waals surface area contributed by atoms with E-state index in [4.69, 9.17) is 16.7 Å². The molecular weight excluding hydrogens is 520 g/mol. The highest BCUT2D eigenvalue weighted by molar-refractivity contribution is 6.32. The monoisotopic (exact) mass is 550 g/mol. The number of carbonyl (C=O) groups is 5. The van der Waals surface area contributed by atoms with Gasteiger partial charge in [-0.2, -0.15) is 0 Å². The van der Waals surface area contributed by atoms with Gasteiger partial charge in [-0.15, -0.1) is 0 Å². The zero-order valence-electron chi connectivity index (χ0n) is 20.6. The zero-order valence-corrected chi connectivity index (χ0v) is 21.4. The van der Waals surface area contributed by atoms with E-state index in [-0.39, 0.29) is 43.1 Å². The van der Waals surface area contributed by atoms with Gasteiger partial charge < -0.3 is 20.8 Å². The highest BCUT2D eigenvalue weighted by Gasteiger charge is 2.53. The van der Waals surface area contributed by atoms with Crippen LogP contribution in [0.1, 0.15) is 56.6 Å². The van der Waals surface area contributed by atoms with Crippen molar-refractivity contribution in [3.8, 4) is 0 Å². The van der Waals surface area contributed by atoms with E-state index >= 15 is 0 Å². The maximum absolute atomic E-state index is 13.2. The van der Waals surface area contributed by atoms with Gasteiger partial charge in [-0.1, -0.05) is 41.9 Å². The number of amides is 4. The fourth-order valence-electron chi connectivity index (χ4n) is 4.46. The molecular formula is C25H31ClN4O8. The molecule has 2 aliphatic rings. The number of carbonyl (C=O) groups excluding carboxylic acids is 4. The van der Waals surface area contributed by atoms with Crippen LogP contribution in [0, 0.1) is 0 Å². The number of aliphatic hydroxyl groups is 1. The van der Waals surface area contributed by atoms with E-state index in [9.17, 15) is 34.3 Å². The van der Waals surface area contributed by atoms with Gasteiger partial charge in [0.25, 0.3) is 5.91 Å². The summed E-state index contributed by atoms with van der Waals surface area (Å²) in [7, 11) is 0. The van der Waals surface area contributed by atoms with Gasteiger partial charge >= 0.3 is 5.97 Å². The number of benzene rings is 1. The number of hydrogen-bond donors (Lipinski definition) is 5. The van der Waals surface area contributed by atoms with Crippen LogP contribution in [0.3, 0.4) is 0 Å². The molecule has 0 unspecified atom stereocenters. The van der Waals surface area contributed by atoms with Crippen molar-refractivity contribution in [2.24, 2.45) is 0 Å². The molecule has 4 amide bonds. The highest BCUT2D eigenvalue weighted by Crippen LogP contribution is 2.38. The van der Waals surface area contributed by atoms with Crippen LogP contribution >= 0.6 is 11.6 Å². The van der Waals surface area contributed by atoms with Gasteiger partial charge in [0.2, 0.25) is 17.7 Å². The number of hydrogen-bond acceptors (Lipinski definition) is 7. The highest BCUT2D eigenvalue weighted by atomic mass is 35.5. The molecule has 1 aromatic rings. The number of carboxylic acids is 1. The fourth-order valence-corrected chi connectivity index (χ4v) is 4.74. The first-order valence-corrected chi connectivity index (χ1v) is 12.7. The third-order valence-corrected chi connectivity index (χ3v) is 6.83. The molecule has 0 spiro atoms. The summed E-state index contributed by atoms with van der Waals surface area (Å²) in [4.78, 5) is 63.3. The number of unbranched alkanes of at least 4 members (excludes halogenated alkanes) is 2. The van der Waals surface area contributed by atoms with Gasteiger partial charge in [-0.3, -0.25) is 29.3 Å². The van der Waals surface area contributed by atoms with Gasteiger partial charge in [0.1, 0.15) is 17.8 Å². The molecule has 1 aromatic carbocycles. The molecule has 3 rings (SSSR count). The van der Waals surface area contributed by atoms with E-state index in [1.165, 1.54) is 0 Å². The first-order chi connectivity index (χ1) is 18.1. The number of nitrogens with one attached hydrogen (secondary N) is 2. The lowest BCUT2D eigenvalue weighted by atomic mass is 9.86. The Labute approximate surface area is 224 Å². The number of nitrogens with zero attached hydrogens (tertiary/aromatic N) is 2. The summed E-state index contributed by atoms with van der Waals surface area (Å²) in [5.74, 6) is -3.86. The molecule has 0 radical (unpaired) electrons. The first-order valence-electron chi connectivity index (χ1n) is 12.4. The number of β-lactam (4-membered cyclic amide) rings is 1. The van der Waals surface area contributed by atoms with Crippen molar-refractivity contribution in [1.82, 2.24) is 20.6 Å². The molecule has 2 heterocycles. The van der Waals surface area contributed by atoms with Crippen LogP contribution in [0.2, 0.25) is 0 Å². The second-order valence-corrected chi connectivity index (χ2v) is 9.53. The summed E-state index contributed by atoms with van der Waals surface area (Å²) in [5, 5.41) is 33.9. The summed E-state index contributed by atoms with van der Waals surface area (Å²) in [6.45, 7) is 0.103. The maximum Gasteiger partial charge on any atom is 0.353 e. The predicted molar refractivity (Wildman–Crippen MR) is 133 cm³/mol. The zero-order chi connectivity index (χ0) is 27.8. The predicted octanol–water partition coefficient (Wildman–Crippen LogP) is 1.03. The minimum Gasteiger partial charge on any atom is -0.477 e. The lowest BCUT2D eigenvalue weighted by Crippen LogP contribution is -2.72. The van der Waals surface area contributed by atoms with E-state index in [1.807, 2.05) is 0 Å². The van der Waals surface area contributed by atoms with E-state index in [0.717, 1.165) is 4.90 Å². The number of aliphatic hydroxyl groups excluding tert-OH is 1. The summed E-state index contributed by atoms with van der Waals surface area (Å²) in [6.07, 6.45) is 1.75. The fraction of sp³-hybridized carbons (Fsp3) is 0.480. The molecule has 12 nitrogen and oxygen atoms in total. The number of rotatable bonds is 13. The SMILES string of the molecule is O=C(CCC(=O)N(O)CCCCCO)N[C@@H](C(=O)N[C@@H]1C(=O)N2C(C(=O)O)=C(Cl)CC[C@H]12)c1ccccc1. The number of halogens is 1. The number of carboxylic acid groups (broad SMARTS) is 1. The lowest BCUT2D eigenvalue weighted by Gasteiger charge is -2.49. The molecule has 2 aliphatic heterocycles. The van der Waals surface area contributed by atoms with Crippen LogP contribution in [0.25, 0.3) is 0 Å². The Kier molecular flexibility index (Phi) is 10.2. The van der Waals surface area contributed by atoms with Gasteiger partial charge in [0, 0.05) is 31.0 Å². The molecule has 0 aromatic heterocycles. The maximum atomic E-state index is 13.2. The molecule has 0 bridgehead atoms. The van der Waals surface area contributed by atoms with Crippen LogP contribution in [-0.2, 0) is 24.0 Å². The minimum atomic E-state index is -1.33. The second-order valence-electron chi connectivity index (χ2n) is 9.07. The van der Waals surface area contributed by atoms with E-state index in [2.05, 4.69) is 10.6 Å². The molecule has 5 N–H and O–H groups in total. The standard InChI is InChI=1S/C25H31ClN4O8/c26-16-9-10-17-21(24(35)30(17)22(16)25(36)37)28-23(34)20(15-7-3-1-4-8-15)27-18(32)11-12-19(33)29(38)13-5-2-6-14-31/h1,3-4,7-8,17,20-21,31,38H,2,5-6,9-14H2,(H,27,32)(H,28,34)(H,36,37)/t17-,20-,21+/m1/s1. The topological polar surface area (TPSA) is 177 Å². The van der Waals surface area contributed by atoms with Crippen molar-refractivity contribution >= 4 is 41.2 Å².